The van der Waals surface area contributed by atoms with Gasteiger partial charge in [-0.15, -0.1) is 0 Å². The van der Waals surface area contributed by atoms with Gasteiger partial charge in [-0.3, -0.25) is 9.69 Å². The number of halogens is 1. The Morgan fingerprint density at radius 3 is 2.35 bits per heavy atom. The number of aromatic hydroxyl groups is 1. The molecular formula is C20H24FN3O2. The van der Waals surface area contributed by atoms with Gasteiger partial charge in [0.1, 0.15) is 11.6 Å². The fourth-order valence-electron chi connectivity index (χ4n) is 3.16. The normalized spacial score (nSPS) is 15.1. The highest BCUT2D eigenvalue weighted by Gasteiger charge is 2.19. The van der Waals surface area contributed by atoms with Gasteiger partial charge in [0.15, 0.2) is 0 Å². The van der Waals surface area contributed by atoms with Crippen LogP contribution in [0.2, 0.25) is 0 Å². The Kier molecular flexibility index (Phi) is 5.73. The zero-order valence-electron chi connectivity index (χ0n) is 14.9. The number of hydrogen-bond acceptors (Lipinski definition) is 4. The Balaban J connectivity index is 1.51. The third-order valence-electron chi connectivity index (χ3n) is 4.62. The van der Waals surface area contributed by atoms with Gasteiger partial charge >= 0.3 is 0 Å². The molecule has 1 amide bonds. The van der Waals surface area contributed by atoms with Crippen molar-refractivity contribution in [2.45, 2.75) is 20.0 Å². The van der Waals surface area contributed by atoms with E-state index in [0.29, 0.717) is 12.2 Å². The molecule has 1 aliphatic heterocycles. The molecule has 26 heavy (non-hydrogen) atoms. The molecule has 0 aliphatic carbocycles. The summed E-state index contributed by atoms with van der Waals surface area (Å²) in [6.07, 6.45) is 0. The van der Waals surface area contributed by atoms with E-state index in [0.717, 1.165) is 44.4 Å². The van der Waals surface area contributed by atoms with Gasteiger partial charge in [0.05, 0.1) is 5.69 Å². The van der Waals surface area contributed by atoms with Gasteiger partial charge in [0.25, 0.3) is 0 Å². The first-order chi connectivity index (χ1) is 12.5. The number of hydrogen-bond donors (Lipinski definition) is 2. The Morgan fingerprint density at radius 2 is 1.73 bits per heavy atom. The number of carbonyl (C=O) groups is 1. The molecule has 3 rings (SSSR count). The molecule has 0 saturated carbocycles. The van der Waals surface area contributed by atoms with Crippen molar-refractivity contribution in [2.24, 2.45) is 0 Å². The highest BCUT2D eigenvalue weighted by atomic mass is 19.1. The lowest BCUT2D eigenvalue weighted by molar-refractivity contribution is -0.119. The van der Waals surface area contributed by atoms with Gasteiger partial charge in [-0.25, -0.2) is 4.39 Å². The summed E-state index contributed by atoms with van der Waals surface area (Å²) < 4.78 is 13.1. The summed E-state index contributed by atoms with van der Waals surface area (Å²) in [4.78, 5) is 15.4. The van der Waals surface area contributed by atoms with Gasteiger partial charge in [0.2, 0.25) is 5.91 Å². The average Bonchev–Trinajstić information content (AvgIpc) is 2.62. The third kappa shape index (κ3) is 4.73. The molecule has 2 aromatic carbocycles. The zero-order valence-corrected chi connectivity index (χ0v) is 14.9. The fourth-order valence-corrected chi connectivity index (χ4v) is 3.16. The number of amides is 1. The van der Waals surface area contributed by atoms with Gasteiger partial charge < -0.3 is 15.3 Å². The highest BCUT2D eigenvalue weighted by molar-refractivity contribution is 5.72. The number of benzene rings is 2. The number of rotatable bonds is 5. The van der Waals surface area contributed by atoms with Gasteiger partial charge in [-0.05, 0) is 23.3 Å². The van der Waals surface area contributed by atoms with Crippen molar-refractivity contribution >= 4 is 11.6 Å². The second-order valence-electron chi connectivity index (χ2n) is 6.62. The summed E-state index contributed by atoms with van der Waals surface area (Å²) in [5, 5.41) is 12.7. The smallest absolute Gasteiger partial charge is 0.217 e. The molecule has 0 spiro atoms. The van der Waals surface area contributed by atoms with E-state index in [-0.39, 0.29) is 11.7 Å². The van der Waals surface area contributed by atoms with Gasteiger partial charge in [-0.2, -0.15) is 0 Å². The topological polar surface area (TPSA) is 55.8 Å². The molecule has 2 N–H and O–H groups in total. The summed E-state index contributed by atoms with van der Waals surface area (Å²) in [5.41, 5.74) is 3.00. The van der Waals surface area contributed by atoms with Crippen molar-refractivity contribution < 1.29 is 14.3 Å². The van der Waals surface area contributed by atoms with E-state index >= 15 is 0 Å². The molecular weight excluding hydrogens is 333 g/mol. The maximum absolute atomic E-state index is 13.1. The third-order valence-corrected chi connectivity index (χ3v) is 4.62. The van der Waals surface area contributed by atoms with E-state index in [4.69, 9.17) is 0 Å². The first-order valence-corrected chi connectivity index (χ1v) is 8.79. The van der Waals surface area contributed by atoms with Crippen molar-refractivity contribution in [2.75, 3.05) is 31.1 Å². The minimum atomic E-state index is -0.424. The molecule has 0 radical (unpaired) electrons. The second-order valence-corrected chi connectivity index (χ2v) is 6.62. The number of phenolic OH excluding ortho intramolecular Hbond substituents is 1. The molecule has 1 aliphatic rings. The number of nitrogens with zero attached hydrogens (tertiary/aromatic N) is 2. The van der Waals surface area contributed by atoms with Crippen LogP contribution in [0.15, 0.2) is 42.5 Å². The van der Waals surface area contributed by atoms with Crippen LogP contribution >= 0.6 is 0 Å². The maximum atomic E-state index is 13.1. The lowest BCUT2D eigenvalue weighted by Gasteiger charge is -2.36. The van der Waals surface area contributed by atoms with E-state index in [1.54, 1.807) is 6.07 Å². The molecule has 5 nitrogen and oxygen atoms in total. The Hall–Kier alpha value is -2.60. The maximum Gasteiger partial charge on any atom is 0.217 e. The lowest BCUT2D eigenvalue weighted by atomic mass is 10.1. The number of nitrogens with one attached hydrogen (secondary N) is 1. The minimum Gasteiger partial charge on any atom is -0.506 e. The summed E-state index contributed by atoms with van der Waals surface area (Å²) in [6, 6.07) is 12.4. The van der Waals surface area contributed by atoms with Crippen molar-refractivity contribution in [1.82, 2.24) is 10.2 Å². The Bertz CT molecular complexity index is 756. The molecule has 1 fully saturated rings. The van der Waals surface area contributed by atoms with Gasteiger partial charge in [0, 0.05) is 52.3 Å². The van der Waals surface area contributed by atoms with Crippen LogP contribution in [0.5, 0.6) is 5.75 Å². The van der Waals surface area contributed by atoms with Crippen LogP contribution in [0.3, 0.4) is 0 Å². The van der Waals surface area contributed by atoms with E-state index in [1.807, 2.05) is 12.1 Å². The quantitative estimate of drug-likeness (QED) is 0.863. The predicted molar refractivity (Wildman–Crippen MR) is 99.5 cm³/mol. The Labute approximate surface area is 153 Å². The van der Waals surface area contributed by atoms with Crippen LogP contribution in [-0.4, -0.2) is 42.1 Å². The van der Waals surface area contributed by atoms with Crippen molar-refractivity contribution in [3.8, 4) is 5.75 Å². The first-order valence-electron chi connectivity index (χ1n) is 8.79. The van der Waals surface area contributed by atoms with E-state index in [9.17, 15) is 14.3 Å². The van der Waals surface area contributed by atoms with Crippen molar-refractivity contribution in [1.29, 1.82) is 0 Å². The number of phenols is 1. The van der Waals surface area contributed by atoms with Crippen LogP contribution in [-0.2, 0) is 17.9 Å². The predicted octanol–water partition coefficient (Wildman–Crippen LogP) is 2.49. The van der Waals surface area contributed by atoms with E-state index in [1.165, 1.54) is 18.6 Å². The average molecular weight is 357 g/mol. The molecule has 2 aromatic rings. The SMILES string of the molecule is CC(=O)NCc1ccc(CN2CCN(c3ccc(F)cc3O)CC2)cc1. The summed E-state index contributed by atoms with van der Waals surface area (Å²) >= 11 is 0. The lowest BCUT2D eigenvalue weighted by Crippen LogP contribution is -2.46. The summed E-state index contributed by atoms with van der Waals surface area (Å²) in [6.45, 7) is 6.27. The molecule has 0 atom stereocenters. The molecule has 0 aromatic heterocycles. The molecule has 1 heterocycles. The van der Waals surface area contributed by atoms with Crippen molar-refractivity contribution in [3.05, 3.63) is 59.4 Å². The standard InChI is InChI=1S/C20H24FN3O2/c1-15(25)22-13-16-2-4-17(5-3-16)14-23-8-10-24(11-9-23)19-7-6-18(21)12-20(19)26/h2-7,12,26H,8-11,13-14H2,1H3,(H,22,25). The van der Waals surface area contributed by atoms with Crippen LogP contribution in [0, 0.1) is 5.82 Å². The van der Waals surface area contributed by atoms with Crippen LogP contribution < -0.4 is 10.2 Å². The largest absolute Gasteiger partial charge is 0.506 e. The van der Waals surface area contributed by atoms with Crippen LogP contribution in [0.1, 0.15) is 18.1 Å². The highest BCUT2D eigenvalue weighted by Crippen LogP contribution is 2.28. The number of piperazine rings is 1. The zero-order chi connectivity index (χ0) is 18.5. The summed E-state index contributed by atoms with van der Waals surface area (Å²) in [5.74, 6) is -0.459. The van der Waals surface area contributed by atoms with E-state index < -0.39 is 5.82 Å². The minimum absolute atomic E-state index is 0.00629. The molecule has 138 valence electrons. The van der Waals surface area contributed by atoms with Crippen LogP contribution in [0.4, 0.5) is 10.1 Å². The second kappa shape index (κ2) is 8.19. The summed E-state index contributed by atoms with van der Waals surface area (Å²) in [7, 11) is 0. The molecule has 1 saturated heterocycles. The van der Waals surface area contributed by atoms with Crippen molar-refractivity contribution in [3.63, 3.8) is 0 Å². The van der Waals surface area contributed by atoms with Gasteiger partial charge in [-0.1, -0.05) is 24.3 Å². The monoisotopic (exact) mass is 357 g/mol. The number of carbonyl (C=O) groups excluding carboxylic acids is 1. The number of anilines is 1. The molecule has 6 heteroatoms. The van der Waals surface area contributed by atoms with Crippen LogP contribution in [0.25, 0.3) is 0 Å². The fraction of sp³-hybridized carbons (Fsp3) is 0.350. The van der Waals surface area contributed by atoms with E-state index in [2.05, 4.69) is 27.2 Å². The molecule has 0 bridgehead atoms. The Morgan fingerprint density at radius 1 is 1.08 bits per heavy atom. The first kappa shape index (κ1) is 18.2. The molecule has 0 unspecified atom stereocenters.